The van der Waals surface area contributed by atoms with E-state index in [2.05, 4.69) is 20.8 Å². The Balaban J connectivity index is 2.29. The largest absolute Gasteiger partial charge is 0.480 e. The van der Waals surface area contributed by atoms with Crippen LogP contribution < -0.4 is 5.32 Å². The number of nitrogens with zero attached hydrogens (tertiary/aromatic N) is 4. The van der Waals surface area contributed by atoms with Crippen molar-refractivity contribution in [2.75, 3.05) is 5.32 Å². The molecular formula is C11H9N5O5. The highest BCUT2D eigenvalue weighted by Gasteiger charge is 2.14. The van der Waals surface area contributed by atoms with E-state index in [9.17, 15) is 14.4 Å². The van der Waals surface area contributed by atoms with E-state index >= 15 is 0 Å². The molecule has 1 amide bonds. The Morgan fingerprint density at radius 2 is 2.00 bits per heavy atom. The molecule has 1 aromatic carbocycles. The van der Waals surface area contributed by atoms with Gasteiger partial charge in [0.1, 0.15) is 6.54 Å². The molecule has 10 nitrogen and oxygen atoms in total. The summed E-state index contributed by atoms with van der Waals surface area (Å²) in [4.78, 5) is 32.3. The number of rotatable bonds is 4. The van der Waals surface area contributed by atoms with E-state index in [1.54, 1.807) is 12.1 Å². The maximum Gasteiger partial charge on any atom is 0.394 e. The van der Waals surface area contributed by atoms with Crippen LogP contribution in [-0.4, -0.2) is 48.3 Å². The molecule has 2 rings (SSSR count). The van der Waals surface area contributed by atoms with E-state index in [-0.39, 0.29) is 11.5 Å². The number of hydrogen-bond acceptors (Lipinski definition) is 6. The summed E-state index contributed by atoms with van der Waals surface area (Å²) in [6.45, 7) is -0.423. The van der Waals surface area contributed by atoms with Crippen LogP contribution in [0, 0.1) is 0 Å². The van der Waals surface area contributed by atoms with Gasteiger partial charge < -0.3 is 15.5 Å². The first kappa shape index (κ1) is 14.1. The Hall–Kier alpha value is -3.30. The van der Waals surface area contributed by atoms with Crippen molar-refractivity contribution in [2.45, 2.75) is 6.54 Å². The first-order valence-corrected chi connectivity index (χ1v) is 5.60. The number of nitrogens with one attached hydrogen (secondary N) is 1. The molecule has 21 heavy (non-hydrogen) atoms. The predicted octanol–water partition coefficient (Wildman–Crippen LogP) is -0.552. The molecule has 0 atom stereocenters. The fourth-order valence-electron chi connectivity index (χ4n) is 1.57. The van der Waals surface area contributed by atoms with Gasteiger partial charge in [0.05, 0.1) is 0 Å². The molecule has 0 saturated carbocycles. The standard InChI is InChI=1S/C11H9N5O5/c17-8(18)5-16-9(13-14-15-16)6-2-1-3-7(4-6)12-10(19)11(20)21/h1-4H,5H2,(H,12,19)(H,17,18)(H,20,21). The highest BCUT2D eigenvalue weighted by Crippen LogP contribution is 2.20. The fourth-order valence-corrected chi connectivity index (χ4v) is 1.57. The predicted molar refractivity (Wildman–Crippen MR) is 67.2 cm³/mol. The first-order valence-electron chi connectivity index (χ1n) is 5.60. The maximum atomic E-state index is 11.1. The van der Waals surface area contributed by atoms with Gasteiger partial charge in [0.15, 0.2) is 5.82 Å². The Morgan fingerprint density at radius 1 is 1.24 bits per heavy atom. The number of hydrogen-bond donors (Lipinski definition) is 3. The summed E-state index contributed by atoms with van der Waals surface area (Å²) in [6, 6.07) is 6.06. The second kappa shape index (κ2) is 5.77. The average Bonchev–Trinajstić information content (AvgIpc) is 2.86. The van der Waals surface area contributed by atoms with Gasteiger partial charge in [0.25, 0.3) is 0 Å². The third-order valence-corrected chi connectivity index (χ3v) is 2.39. The van der Waals surface area contributed by atoms with Gasteiger partial charge in [-0.2, -0.15) is 0 Å². The van der Waals surface area contributed by atoms with Crippen molar-refractivity contribution in [3.8, 4) is 11.4 Å². The van der Waals surface area contributed by atoms with Gasteiger partial charge in [-0.1, -0.05) is 12.1 Å². The van der Waals surface area contributed by atoms with Crippen LogP contribution >= 0.6 is 0 Å². The SMILES string of the molecule is O=C(O)Cn1nnnc1-c1cccc(NC(=O)C(=O)O)c1. The smallest absolute Gasteiger partial charge is 0.394 e. The average molecular weight is 291 g/mol. The lowest BCUT2D eigenvalue weighted by Crippen LogP contribution is -2.21. The molecule has 0 spiro atoms. The van der Waals surface area contributed by atoms with Crippen LogP contribution in [0.5, 0.6) is 0 Å². The van der Waals surface area contributed by atoms with Crippen molar-refractivity contribution >= 4 is 23.5 Å². The number of aromatic nitrogens is 4. The highest BCUT2D eigenvalue weighted by atomic mass is 16.4. The maximum absolute atomic E-state index is 11.1. The van der Waals surface area contributed by atoms with Gasteiger partial charge in [0.2, 0.25) is 0 Å². The number of carbonyl (C=O) groups excluding carboxylic acids is 1. The van der Waals surface area contributed by atoms with Crippen molar-refractivity contribution in [2.24, 2.45) is 0 Å². The molecule has 0 saturated heterocycles. The molecule has 108 valence electrons. The Bertz CT molecular complexity index is 711. The van der Waals surface area contributed by atoms with Crippen LogP contribution in [0.1, 0.15) is 0 Å². The number of carbonyl (C=O) groups is 3. The van der Waals surface area contributed by atoms with Gasteiger partial charge in [-0.25, -0.2) is 9.48 Å². The van der Waals surface area contributed by atoms with E-state index in [1.165, 1.54) is 12.1 Å². The third-order valence-electron chi connectivity index (χ3n) is 2.39. The van der Waals surface area contributed by atoms with Crippen LogP contribution in [0.25, 0.3) is 11.4 Å². The Labute approximate surface area is 117 Å². The van der Waals surface area contributed by atoms with Crippen molar-refractivity contribution in [1.82, 2.24) is 20.2 Å². The summed E-state index contributed by atoms with van der Waals surface area (Å²) in [7, 11) is 0. The van der Waals surface area contributed by atoms with Crippen LogP contribution in [0.4, 0.5) is 5.69 Å². The molecule has 0 unspecified atom stereocenters. The number of carboxylic acids is 2. The number of benzene rings is 1. The summed E-state index contributed by atoms with van der Waals surface area (Å²) < 4.78 is 1.07. The summed E-state index contributed by atoms with van der Waals surface area (Å²) >= 11 is 0. The number of anilines is 1. The molecule has 0 radical (unpaired) electrons. The quantitative estimate of drug-likeness (QED) is 0.635. The Kier molecular flexibility index (Phi) is 3.88. The lowest BCUT2D eigenvalue weighted by Gasteiger charge is -2.05. The summed E-state index contributed by atoms with van der Waals surface area (Å²) in [5.41, 5.74) is 0.661. The van der Waals surface area contributed by atoms with Crippen LogP contribution in [-0.2, 0) is 20.9 Å². The molecule has 0 bridgehead atoms. The molecule has 0 aliphatic heterocycles. The zero-order valence-electron chi connectivity index (χ0n) is 10.4. The number of amides is 1. The molecule has 10 heteroatoms. The summed E-state index contributed by atoms with van der Waals surface area (Å²) in [6.07, 6.45) is 0. The topological polar surface area (TPSA) is 147 Å². The monoisotopic (exact) mass is 291 g/mol. The van der Waals surface area contributed by atoms with Crippen molar-refractivity contribution in [3.05, 3.63) is 24.3 Å². The van der Waals surface area contributed by atoms with Gasteiger partial charge in [-0.05, 0) is 22.6 Å². The molecule has 3 N–H and O–H groups in total. The second-order valence-electron chi connectivity index (χ2n) is 3.89. The number of aliphatic carboxylic acids is 2. The normalized spacial score (nSPS) is 10.1. The van der Waals surface area contributed by atoms with E-state index in [1.807, 2.05) is 0 Å². The second-order valence-corrected chi connectivity index (χ2v) is 3.89. The molecule has 0 fully saturated rings. The number of tetrazole rings is 1. The van der Waals surface area contributed by atoms with E-state index in [4.69, 9.17) is 10.2 Å². The zero-order chi connectivity index (χ0) is 15.4. The van der Waals surface area contributed by atoms with Gasteiger partial charge in [-0.3, -0.25) is 9.59 Å². The summed E-state index contributed by atoms with van der Waals surface area (Å²) in [5, 5.41) is 30.1. The van der Waals surface area contributed by atoms with Crippen molar-refractivity contribution < 1.29 is 24.6 Å². The van der Waals surface area contributed by atoms with E-state index < -0.39 is 24.4 Å². The van der Waals surface area contributed by atoms with Crippen LogP contribution in [0.15, 0.2) is 24.3 Å². The number of carboxylic acid groups (broad SMARTS) is 2. The molecule has 0 aliphatic rings. The molecule has 0 aliphatic carbocycles. The third kappa shape index (κ3) is 3.37. The summed E-state index contributed by atoms with van der Waals surface area (Å²) in [5.74, 6) is -3.73. The lowest BCUT2D eigenvalue weighted by atomic mass is 10.2. The fraction of sp³-hybridized carbons (Fsp3) is 0.0909. The first-order chi connectivity index (χ1) is 9.97. The zero-order valence-corrected chi connectivity index (χ0v) is 10.4. The molecule has 1 aromatic heterocycles. The molecule has 1 heterocycles. The van der Waals surface area contributed by atoms with Gasteiger partial charge in [-0.15, -0.1) is 5.10 Å². The molecule has 2 aromatic rings. The minimum atomic E-state index is -1.61. The minimum absolute atomic E-state index is 0.184. The lowest BCUT2D eigenvalue weighted by molar-refractivity contribution is -0.147. The van der Waals surface area contributed by atoms with Gasteiger partial charge in [0, 0.05) is 11.3 Å². The highest BCUT2D eigenvalue weighted by molar-refractivity contribution is 6.36. The van der Waals surface area contributed by atoms with Crippen LogP contribution in [0.3, 0.4) is 0 Å². The van der Waals surface area contributed by atoms with E-state index in [0.717, 1.165) is 4.68 Å². The van der Waals surface area contributed by atoms with Crippen molar-refractivity contribution in [3.63, 3.8) is 0 Å². The molecular weight excluding hydrogens is 282 g/mol. The van der Waals surface area contributed by atoms with Crippen molar-refractivity contribution in [1.29, 1.82) is 0 Å². The van der Waals surface area contributed by atoms with Crippen LogP contribution in [0.2, 0.25) is 0 Å². The minimum Gasteiger partial charge on any atom is -0.480 e. The van der Waals surface area contributed by atoms with E-state index in [0.29, 0.717) is 5.56 Å². The Morgan fingerprint density at radius 3 is 2.67 bits per heavy atom. The van der Waals surface area contributed by atoms with Gasteiger partial charge >= 0.3 is 17.8 Å².